The molecule has 1 aliphatic rings. The van der Waals surface area contributed by atoms with Crippen molar-refractivity contribution in [2.24, 2.45) is 0 Å². The Hall–Kier alpha value is -1.88. The van der Waals surface area contributed by atoms with E-state index in [1.165, 1.54) is 0 Å². The molecule has 1 aliphatic heterocycles. The van der Waals surface area contributed by atoms with Gasteiger partial charge in [-0.2, -0.15) is 0 Å². The standard InChI is InChI=1S/C17H24N2O3/c1-19(14-10-11-18-12-14)17(21)5-3-4-16(20)13-6-8-15(22-2)9-7-13/h6-9,14,18H,3-5,10-12H2,1-2H3. The van der Waals surface area contributed by atoms with E-state index in [-0.39, 0.29) is 11.7 Å². The summed E-state index contributed by atoms with van der Waals surface area (Å²) in [7, 11) is 3.45. The molecule has 1 atom stereocenters. The highest BCUT2D eigenvalue weighted by molar-refractivity contribution is 5.96. The molecule has 5 nitrogen and oxygen atoms in total. The maximum absolute atomic E-state index is 12.1. The predicted octanol–water partition coefficient (Wildman–Crippen LogP) is 1.87. The zero-order valence-electron chi connectivity index (χ0n) is 13.3. The van der Waals surface area contributed by atoms with E-state index in [4.69, 9.17) is 4.74 Å². The number of carbonyl (C=O) groups excluding carboxylic acids is 2. The van der Waals surface area contributed by atoms with E-state index in [1.54, 1.807) is 31.4 Å². The topological polar surface area (TPSA) is 58.6 Å². The van der Waals surface area contributed by atoms with Crippen molar-refractivity contribution in [2.45, 2.75) is 31.7 Å². The number of hydrogen-bond donors (Lipinski definition) is 1. The lowest BCUT2D eigenvalue weighted by Gasteiger charge is -2.23. The van der Waals surface area contributed by atoms with E-state index in [2.05, 4.69) is 5.32 Å². The summed E-state index contributed by atoms with van der Waals surface area (Å²) in [5.41, 5.74) is 0.668. The van der Waals surface area contributed by atoms with Gasteiger partial charge in [-0.05, 0) is 43.7 Å². The van der Waals surface area contributed by atoms with Gasteiger partial charge in [0.05, 0.1) is 7.11 Å². The Labute approximate surface area is 131 Å². The highest BCUT2D eigenvalue weighted by Crippen LogP contribution is 2.15. The van der Waals surface area contributed by atoms with Crippen molar-refractivity contribution in [2.75, 3.05) is 27.2 Å². The number of carbonyl (C=O) groups is 2. The van der Waals surface area contributed by atoms with Crippen LogP contribution in [0.3, 0.4) is 0 Å². The minimum absolute atomic E-state index is 0.0700. The summed E-state index contributed by atoms with van der Waals surface area (Å²) in [5.74, 6) is 0.926. The van der Waals surface area contributed by atoms with Crippen LogP contribution < -0.4 is 10.1 Å². The number of likely N-dealkylation sites (N-methyl/N-ethyl adjacent to an activating group) is 1. The van der Waals surface area contributed by atoms with Crippen LogP contribution in [-0.2, 0) is 4.79 Å². The van der Waals surface area contributed by atoms with Crippen LogP contribution in [-0.4, -0.2) is 49.9 Å². The number of rotatable bonds is 7. The highest BCUT2D eigenvalue weighted by Gasteiger charge is 2.22. The molecule has 0 bridgehead atoms. The Bertz CT molecular complexity index is 507. The van der Waals surface area contributed by atoms with Gasteiger partial charge in [-0.15, -0.1) is 0 Å². The molecule has 0 aromatic heterocycles. The van der Waals surface area contributed by atoms with E-state index in [1.807, 2.05) is 11.9 Å². The molecule has 1 fully saturated rings. The first-order valence-electron chi connectivity index (χ1n) is 7.75. The van der Waals surface area contributed by atoms with E-state index in [9.17, 15) is 9.59 Å². The molecule has 1 amide bonds. The SMILES string of the molecule is COc1ccc(C(=O)CCCC(=O)N(C)C2CCNC2)cc1. The lowest BCUT2D eigenvalue weighted by molar-refractivity contribution is -0.131. The Balaban J connectivity index is 1.74. The second kappa shape index (κ2) is 7.94. The zero-order valence-corrected chi connectivity index (χ0v) is 13.3. The summed E-state index contributed by atoms with van der Waals surface area (Å²) in [6.45, 7) is 1.84. The van der Waals surface area contributed by atoms with Gasteiger partial charge < -0.3 is 15.0 Å². The molecule has 22 heavy (non-hydrogen) atoms. The number of ketones is 1. The van der Waals surface area contributed by atoms with Gasteiger partial charge in [-0.1, -0.05) is 0 Å². The third-order valence-electron chi connectivity index (χ3n) is 4.18. The first-order valence-corrected chi connectivity index (χ1v) is 7.75. The van der Waals surface area contributed by atoms with Gasteiger partial charge >= 0.3 is 0 Å². The number of amides is 1. The number of hydrogen-bond acceptors (Lipinski definition) is 4. The molecule has 1 unspecified atom stereocenters. The molecule has 1 heterocycles. The van der Waals surface area contributed by atoms with E-state index in [0.717, 1.165) is 25.3 Å². The summed E-state index contributed by atoms with van der Waals surface area (Å²) in [6.07, 6.45) is 2.42. The number of benzene rings is 1. The summed E-state index contributed by atoms with van der Waals surface area (Å²) < 4.78 is 5.07. The lowest BCUT2D eigenvalue weighted by Crippen LogP contribution is -2.38. The zero-order chi connectivity index (χ0) is 15.9. The summed E-state index contributed by atoms with van der Waals surface area (Å²) in [4.78, 5) is 26.0. The van der Waals surface area contributed by atoms with Crippen LogP contribution in [0.15, 0.2) is 24.3 Å². The Kier molecular flexibility index (Phi) is 5.95. The van der Waals surface area contributed by atoms with E-state index >= 15 is 0 Å². The van der Waals surface area contributed by atoms with Crippen molar-refractivity contribution in [3.8, 4) is 5.75 Å². The van der Waals surface area contributed by atoms with Crippen molar-refractivity contribution in [1.29, 1.82) is 0 Å². The molecule has 1 saturated heterocycles. The van der Waals surface area contributed by atoms with Crippen molar-refractivity contribution < 1.29 is 14.3 Å². The van der Waals surface area contributed by atoms with Crippen LogP contribution in [0, 0.1) is 0 Å². The molecular weight excluding hydrogens is 280 g/mol. The van der Waals surface area contributed by atoms with Crippen LogP contribution in [0.4, 0.5) is 0 Å². The first kappa shape index (κ1) is 16.5. The van der Waals surface area contributed by atoms with Crippen LogP contribution in [0.25, 0.3) is 0 Å². The fraction of sp³-hybridized carbons (Fsp3) is 0.529. The largest absolute Gasteiger partial charge is 0.497 e. The number of ether oxygens (including phenoxy) is 1. The minimum atomic E-state index is 0.0700. The van der Waals surface area contributed by atoms with Gasteiger partial charge in [0.25, 0.3) is 0 Å². The Morgan fingerprint density at radius 3 is 2.59 bits per heavy atom. The van der Waals surface area contributed by atoms with E-state index < -0.39 is 0 Å². The number of nitrogens with zero attached hydrogens (tertiary/aromatic N) is 1. The summed E-state index contributed by atoms with van der Waals surface area (Å²) in [5, 5.41) is 3.26. The Morgan fingerprint density at radius 1 is 1.27 bits per heavy atom. The van der Waals surface area contributed by atoms with Crippen LogP contribution in [0.2, 0.25) is 0 Å². The van der Waals surface area contributed by atoms with Gasteiger partial charge in [0, 0.05) is 38.0 Å². The number of nitrogens with one attached hydrogen (secondary N) is 1. The molecule has 0 radical (unpaired) electrons. The number of Topliss-reactive ketones (excluding diaryl/α,β-unsaturated/α-hetero) is 1. The average Bonchev–Trinajstić information content (AvgIpc) is 3.08. The molecule has 0 saturated carbocycles. The van der Waals surface area contributed by atoms with Crippen LogP contribution in [0.5, 0.6) is 5.75 Å². The third-order valence-corrected chi connectivity index (χ3v) is 4.18. The number of methoxy groups -OCH3 is 1. The van der Waals surface area contributed by atoms with Gasteiger partial charge in [-0.25, -0.2) is 0 Å². The fourth-order valence-electron chi connectivity index (χ4n) is 2.67. The first-order chi connectivity index (χ1) is 10.6. The van der Waals surface area contributed by atoms with Gasteiger partial charge in [0.1, 0.15) is 5.75 Å². The molecule has 2 rings (SSSR count). The van der Waals surface area contributed by atoms with Gasteiger partial charge in [0.2, 0.25) is 5.91 Å². The summed E-state index contributed by atoms with van der Waals surface area (Å²) in [6, 6.07) is 7.38. The molecule has 0 spiro atoms. The summed E-state index contributed by atoms with van der Waals surface area (Å²) >= 11 is 0. The molecule has 1 aromatic rings. The second-order valence-electron chi connectivity index (χ2n) is 5.66. The second-order valence-corrected chi connectivity index (χ2v) is 5.66. The van der Waals surface area contributed by atoms with Crippen molar-refractivity contribution in [1.82, 2.24) is 10.2 Å². The molecule has 1 N–H and O–H groups in total. The lowest BCUT2D eigenvalue weighted by atomic mass is 10.0. The highest BCUT2D eigenvalue weighted by atomic mass is 16.5. The normalized spacial score (nSPS) is 17.3. The van der Waals surface area contributed by atoms with Crippen LogP contribution in [0.1, 0.15) is 36.0 Å². The van der Waals surface area contributed by atoms with Crippen LogP contribution >= 0.6 is 0 Å². The fourth-order valence-corrected chi connectivity index (χ4v) is 2.67. The maximum atomic E-state index is 12.1. The molecule has 1 aromatic carbocycles. The monoisotopic (exact) mass is 304 g/mol. The predicted molar refractivity (Wildman–Crippen MR) is 85.2 cm³/mol. The van der Waals surface area contributed by atoms with Crippen molar-refractivity contribution in [3.05, 3.63) is 29.8 Å². The molecule has 120 valence electrons. The molecular formula is C17H24N2O3. The van der Waals surface area contributed by atoms with Crippen molar-refractivity contribution in [3.63, 3.8) is 0 Å². The quantitative estimate of drug-likeness (QED) is 0.781. The average molecular weight is 304 g/mol. The third kappa shape index (κ3) is 4.31. The maximum Gasteiger partial charge on any atom is 0.222 e. The Morgan fingerprint density at radius 2 is 2.00 bits per heavy atom. The smallest absolute Gasteiger partial charge is 0.222 e. The van der Waals surface area contributed by atoms with Gasteiger partial charge in [-0.3, -0.25) is 9.59 Å². The minimum Gasteiger partial charge on any atom is -0.497 e. The van der Waals surface area contributed by atoms with Gasteiger partial charge in [0.15, 0.2) is 5.78 Å². The molecule has 0 aliphatic carbocycles. The van der Waals surface area contributed by atoms with E-state index in [0.29, 0.717) is 30.9 Å². The van der Waals surface area contributed by atoms with Crippen molar-refractivity contribution >= 4 is 11.7 Å². The molecule has 5 heteroatoms.